The van der Waals surface area contributed by atoms with Gasteiger partial charge in [-0.3, -0.25) is 5.01 Å². The number of rotatable bonds is 4. The Bertz CT molecular complexity index is 619. The summed E-state index contributed by atoms with van der Waals surface area (Å²) in [5.74, 6) is -0.221. The predicted octanol–water partition coefficient (Wildman–Crippen LogP) is 1.56. The molecule has 3 nitrogen and oxygen atoms in total. The molecular formula is C18H21FN3+. The summed E-state index contributed by atoms with van der Waals surface area (Å²) in [7, 11) is 0. The van der Waals surface area contributed by atoms with E-state index in [0.29, 0.717) is 0 Å². The van der Waals surface area contributed by atoms with E-state index in [9.17, 15) is 4.39 Å². The third-order valence-electron chi connectivity index (χ3n) is 3.96. The highest BCUT2D eigenvalue weighted by Crippen LogP contribution is 2.02. The zero-order valence-electron chi connectivity index (χ0n) is 12.6. The molecular weight excluding hydrogens is 277 g/mol. The van der Waals surface area contributed by atoms with E-state index in [-0.39, 0.29) is 5.82 Å². The van der Waals surface area contributed by atoms with Gasteiger partial charge in [0.2, 0.25) is 0 Å². The summed E-state index contributed by atoms with van der Waals surface area (Å²) in [5.41, 5.74) is 2.19. The first-order valence-corrected chi connectivity index (χ1v) is 7.71. The Hall–Kier alpha value is -2.20. The average molecular weight is 298 g/mol. The Labute approximate surface area is 130 Å². The third-order valence-corrected chi connectivity index (χ3v) is 3.96. The predicted molar refractivity (Wildman–Crippen MR) is 86.4 cm³/mol. The molecule has 1 saturated heterocycles. The number of quaternary nitrogens is 1. The second-order valence-electron chi connectivity index (χ2n) is 5.67. The molecule has 4 heteroatoms. The summed E-state index contributed by atoms with van der Waals surface area (Å²) < 4.78 is 13.1. The zero-order valence-corrected chi connectivity index (χ0v) is 12.6. The second-order valence-corrected chi connectivity index (χ2v) is 5.67. The molecule has 3 rings (SSSR count). The van der Waals surface area contributed by atoms with Gasteiger partial charge in [0.1, 0.15) is 12.4 Å². The zero-order chi connectivity index (χ0) is 15.2. The maximum Gasteiger partial charge on any atom is 0.123 e. The van der Waals surface area contributed by atoms with Crippen molar-refractivity contribution in [3.8, 4) is 0 Å². The molecule has 0 aliphatic carbocycles. The van der Waals surface area contributed by atoms with Crippen LogP contribution in [0.2, 0.25) is 0 Å². The molecule has 0 saturated carbocycles. The van der Waals surface area contributed by atoms with Crippen molar-refractivity contribution in [3.05, 3.63) is 71.5 Å². The lowest BCUT2D eigenvalue weighted by Gasteiger charge is -2.30. The number of benzene rings is 2. The number of hydrogen-bond acceptors (Lipinski definition) is 2. The maximum absolute atomic E-state index is 13.1. The fourth-order valence-corrected chi connectivity index (χ4v) is 2.72. The molecule has 114 valence electrons. The summed E-state index contributed by atoms with van der Waals surface area (Å²) >= 11 is 0. The van der Waals surface area contributed by atoms with E-state index in [0.717, 1.165) is 38.3 Å². The van der Waals surface area contributed by atoms with Gasteiger partial charge < -0.3 is 4.90 Å². The van der Waals surface area contributed by atoms with Crippen LogP contribution < -0.4 is 4.90 Å². The quantitative estimate of drug-likeness (QED) is 0.849. The minimum Gasteiger partial charge on any atom is -0.328 e. The average Bonchev–Trinajstić information content (AvgIpc) is 2.55. The molecule has 0 unspecified atom stereocenters. The van der Waals surface area contributed by atoms with Crippen LogP contribution in [0, 0.1) is 5.82 Å². The maximum atomic E-state index is 13.1. The molecule has 0 spiro atoms. The van der Waals surface area contributed by atoms with Crippen LogP contribution in [0.25, 0.3) is 0 Å². The number of nitrogens with one attached hydrogen (secondary N) is 1. The molecule has 0 radical (unpaired) electrons. The van der Waals surface area contributed by atoms with E-state index in [4.69, 9.17) is 0 Å². The molecule has 2 aromatic carbocycles. The Balaban J connectivity index is 1.49. The van der Waals surface area contributed by atoms with Crippen LogP contribution in [0.1, 0.15) is 11.1 Å². The fourth-order valence-electron chi connectivity index (χ4n) is 2.72. The molecule has 22 heavy (non-hydrogen) atoms. The molecule has 1 aliphatic rings. The van der Waals surface area contributed by atoms with Crippen molar-refractivity contribution in [3.63, 3.8) is 0 Å². The number of hydrogen-bond donors (Lipinski definition) is 1. The Morgan fingerprint density at radius 1 is 1.05 bits per heavy atom. The van der Waals surface area contributed by atoms with Crippen molar-refractivity contribution in [2.45, 2.75) is 6.54 Å². The van der Waals surface area contributed by atoms with Crippen molar-refractivity contribution in [2.24, 2.45) is 5.10 Å². The normalized spacial score (nSPS) is 16.3. The second kappa shape index (κ2) is 7.18. The number of piperazine rings is 1. The smallest absolute Gasteiger partial charge is 0.123 e. The van der Waals surface area contributed by atoms with Gasteiger partial charge in [-0.1, -0.05) is 42.5 Å². The molecule has 1 N–H and O–H groups in total. The van der Waals surface area contributed by atoms with Gasteiger partial charge in [0.25, 0.3) is 0 Å². The fraction of sp³-hybridized carbons (Fsp3) is 0.278. The monoisotopic (exact) mass is 298 g/mol. The molecule has 1 aliphatic heterocycles. The van der Waals surface area contributed by atoms with Crippen molar-refractivity contribution < 1.29 is 9.29 Å². The molecule has 0 amide bonds. The van der Waals surface area contributed by atoms with Gasteiger partial charge in [-0.25, -0.2) is 4.39 Å². The SMILES string of the molecule is Fc1cccc(/C=N\N2CC[NH+](Cc3ccccc3)CC2)c1. The third kappa shape index (κ3) is 4.15. The van der Waals surface area contributed by atoms with Crippen molar-refractivity contribution in [2.75, 3.05) is 26.2 Å². The standard InChI is InChI=1S/C18H20FN3/c19-18-8-4-7-17(13-18)14-20-22-11-9-21(10-12-22)15-16-5-2-1-3-6-16/h1-8,13-14H,9-12,15H2/p+1/b20-14-. The summed E-state index contributed by atoms with van der Waals surface area (Å²) in [4.78, 5) is 1.59. The first kappa shape index (κ1) is 14.7. The van der Waals surface area contributed by atoms with Crippen LogP contribution in [0.5, 0.6) is 0 Å². The lowest BCUT2D eigenvalue weighted by atomic mass is 10.2. The van der Waals surface area contributed by atoms with E-state index in [2.05, 4.69) is 40.4 Å². The summed E-state index contributed by atoms with van der Waals surface area (Å²) in [6, 6.07) is 17.1. The molecule has 0 aromatic heterocycles. The first-order valence-electron chi connectivity index (χ1n) is 7.71. The minimum absolute atomic E-state index is 0.221. The van der Waals surface area contributed by atoms with Gasteiger partial charge in [0.15, 0.2) is 0 Å². The van der Waals surface area contributed by atoms with Crippen molar-refractivity contribution >= 4 is 6.21 Å². The van der Waals surface area contributed by atoms with Crippen molar-refractivity contribution in [1.82, 2.24) is 5.01 Å². The first-order chi connectivity index (χ1) is 10.8. The molecule has 0 bridgehead atoms. The van der Waals surface area contributed by atoms with E-state index in [1.807, 2.05) is 6.07 Å². The topological polar surface area (TPSA) is 20.0 Å². The Morgan fingerprint density at radius 3 is 2.55 bits per heavy atom. The van der Waals surface area contributed by atoms with Gasteiger partial charge in [0.05, 0.1) is 32.4 Å². The van der Waals surface area contributed by atoms with E-state index < -0.39 is 0 Å². The van der Waals surface area contributed by atoms with Gasteiger partial charge >= 0.3 is 0 Å². The summed E-state index contributed by atoms with van der Waals surface area (Å²) in [5, 5.41) is 6.53. The molecule has 2 aromatic rings. The van der Waals surface area contributed by atoms with E-state index >= 15 is 0 Å². The summed E-state index contributed by atoms with van der Waals surface area (Å²) in [6.07, 6.45) is 1.74. The van der Waals surface area contributed by atoms with Gasteiger partial charge in [-0.15, -0.1) is 0 Å². The van der Waals surface area contributed by atoms with Gasteiger partial charge in [-0.2, -0.15) is 5.10 Å². The Morgan fingerprint density at radius 2 is 1.82 bits per heavy atom. The van der Waals surface area contributed by atoms with E-state index in [1.54, 1.807) is 17.2 Å². The van der Waals surface area contributed by atoms with Gasteiger partial charge in [0, 0.05) is 5.56 Å². The van der Waals surface area contributed by atoms with E-state index in [1.165, 1.54) is 17.7 Å². The largest absolute Gasteiger partial charge is 0.328 e. The lowest BCUT2D eigenvalue weighted by molar-refractivity contribution is -0.918. The number of hydrazone groups is 1. The van der Waals surface area contributed by atoms with Crippen molar-refractivity contribution in [1.29, 1.82) is 0 Å². The highest BCUT2D eigenvalue weighted by molar-refractivity contribution is 5.79. The summed E-state index contributed by atoms with van der Waals surface area (Å²) in [6.45, 7) is 5.11. The Kier molecular flexibility index (Phi) is 4.81. The lowest BCUT2D eigenvalue weighted by Crippen LogP contribution is -3.13. The van der Waals surface area contributed by atoms with Crippen LogP contribution in [-0.2, 0) is 6.54 Å². The highest BCUT2D eigenvalue weighted by Gasteiger charge is 2.18. The van der Waals surface area contributed by atoms with Crippen LogP contribution in [0.4, 0.5) is 4.39 Å². The number of nitrogens with zero attached hydrogens (tertiary/aromatic N) is 2. The molecule has 1 heterocycles. The van der Waals surface area contributed by atoms with Gasteiger partial charge in [-0.05, 0) is 17.7 Å². The molecule has 0 atom stereocenters. The highest BCUT2D eigenvalue weighted by atomic mass is 19.1. The van der Waals surface area contributed by atoms with Crippen LogP contribution in [-0.4, -0.2) is 37.4 Å². The minimum atomic E-state index is -0.221. The van der Waals surface area contributed by atoms with Crippen LogP contribution >= 0.6 is 0 Å². The molecule has 1 fully saturated rings. The number of halogens is 1. The van der Waals surface area contributed by atoms with Crippen LogP contribution in [0.15, 0.2) is 59.7 Å². The van der Waals surface area contributed by atoms with Crippen LogP contribution in [0.3, 0.4) is 0 Å².